The molecule has 1 radical (unpaired) electrons. The summed E-state index contributed by atoms with van der Waals surface area (Å²) in [6.07, 6.45) is 2.08. The molecule has 0 aliphatic heterocycles. The molecule has 0 heterocycles. The molecule has 1 aromatic rings. The summed E-state index contributed by atoms with van der Waals surface area (Å²) in [5.74, 6) is 0. The molecule has 0 N–H and O–H groups in total. The standard InChI is InChI=1S/C8H8Br/c1-2-7-3-5-8(9)6-4-7/h2-6H,1H3. The Bertz CT molecular complexity index is 176. The van der Waals surface area contributed by atoms with Crippen molar-refractivity contribution in [1.82, 2.24) is 0 Å². The highest BCUT2D eigenvalue weighted by atomic mass is 79.9. The van der Waals surface area contributed by atoms with Gasteiger partial charge in [-0.1, -0.05) is 35.0 Å². The Morgan fingerprint density at radius 1 is 1.22 bits per heavy atom. The molecule has 0 saturated carbocycles. The topological polar surface area (TPSA) is 0 Å². The SMILES string of the molecule is C[CH]c1ccc(Br)cc1. The highest BCUT2D eigenvalue weighted by molar-refractivity contribution is 9.10. The van der Waals surface area contributed by atoms with Crippen LogP contribution < -0.4 is 0 Å². The van der Waals surface area contributed by atoms with Crippen LogP contribution in [0.25, 0.3) is 0 Å². The third-order valence-corrected chi connectivity index (χ3v) is 1.73. The summed E-state index contributed by atoms with van der Waals surface area (Å²) in [4.78, 5) is 0. The minimum Gasteiger partial charge on any atom is -0.0578 e. The van der Waals surface area contributed by atoms with Crippen molar-refractivity contribution in [3.05, 3.63) is 40.7 Å². The lowest BCUT2D eigenvalue weighted by molar-refractivity contribution is 1.42. The van der Waals surface area contributed by atoms with Crippen molar-refractivity contribution < 1.29 is 0 Å². The fraction of sp³-hybridized carbons (Fsp3) is 0.125. The quantitative estimate of drug-likeness (QED) is 0.629. The lowest BCUT2D eigenvalue weighted by Gasteiger charge is -1.92. The highest BCUT2D eigenvalue weighted by Crippen LogP contribution is 2.10. The zero-order valence-corrected chi connectivity index (χ0v) is 6.85. The van der Waals surface area contributed by atoms with Crippen LogP contribution in [0.3, 0.4) is 0 Å². The molecule has 0 spiro atoms. The molecule has 0 aliphatic carbocycles. The van der Waals surface area contributed by atoms with Crippen molar-refractivity contribution in [3.63, 3.8) is 0 Å². The van der Waals surface area contributed by atoms with Crippen LogP contribution in [0.2, 0.25) is 0 Å². The van der Waals surface area contributed by atoms with Crippen LogP contribution in [0.15, 0.2) is 28.7 Å². The zero-order valence-electron chi connectivity index (χ0n) is 5.26. The molecule has 0 nitrogen and oxygen atoms in total. The van der Waals surface area contributed by atoms with Crippen LogP contribution in [-0.4, -0.2) is 0 Å². The van der Waals surface area contributed by atoms with Gasteiger partial charge in [-0.2, -0.15) is 0 Å². The van der Waals surface area contributed by atoms with Gasteiger partial charge in [0.15, 0.2) is 0 Å². The Balaban J connectivity index is 2.88. The van der Waals surface area contributed by atoms with Crippen molar-refractivity contribution >= 4 is 15.9 Å². The van der Waals surface area contributed by atoms with Gasteiger partial charge in [-0.25, -0.2) is 0 Å². The van der Waals surface area contributed by atoms with E-state index in [-0.39, 0.29) is 0 Å². The zero-order chi connectivity index (χ0) is 6.69. The number of halogens is 1. The molecular weight excluding hydrogens is 176 g/mol. The monoisotopic (exact) mass is 183 g/mol. The first-order chi connectivity index (χ1) is 4.33. The van der Waals surface area contributed by atoms with Gasteiger partial charge in [-0.15, -0.1) is 0 Å². The summed E-state index contributed by atoms with van der Waals surface area (Å²) < 4.78 is 1.13. The van der Waals surface area contributed by atoms with Crippen molar-refractivity contribution in [2.24, 2.45) is 0 Å². The minimum atomic E-state index is 1.13. The van der Waals surface area contributed by atoms with E-state index in [4.69, 9.17) is 0 Å². The van der Waals surface area contributed by atoms with Gasteiger partial charge in [0.05, 0.1) is 0 Å². The molecule has 0 atom stereocenters. The van der Waals surface area contributed by atoms with E-state index in [2.05, 4.69) is 34.5 Å². The Kier molecular flexibility index (Phi) is 2.29. The second-order valence-electron chi connectivity index (χ2n) is 1.84. The average Bonchev–Trinajstić information content (AvgIpc) is 1.90. The van der Waals surface area contributed by atoms with Crippen molar-refractivity contribution in [1.29, 1.82) is 0 Å². The average molecular weight is 184 g/mol. The van der Waals surface area contributed by atoms with E-state index >= 15 is 0 Å². The van der Waals surface area contributed by atoms with Crippen LogP contribution in [0.4, 0.5) is 0 Å². The maximum Gasteiger partial charge on any atom is 0.0175 e. The van der Waals surface area contributed by atoms with Gasteiger partial charge in [0.1, 0.15) is 0 Å². The Morgan fingerprint density at radius 2 is 1.78 bits per heavy atom. The first-order valence-corrected chi connectivity index (χ1v) is 3.67. The van der Waals surface area contributed by atoms with Gasteiger partial charge in [0, 0.05) is 4.47 Å². The van der Waals surface area contributed by atoms with Crippen molar-refractivity contribution in [3.8, 4) is 0 Å². The van der Waals surface area contributed by atoms with Gasteiger partial charge < -0.3 is 0 Å². The summed E-state index contributed by atoms with van der Waals surface area (Å²) in [6, 6.07) is 8.22. The number of benzene rings is 1. The number of hydrogen-bond donors (Lipinski definition) is 0. The van der Waals surface area contributed by atoms with Gasteiger partial charge in [0.25, 0.3) is 0 Å². The Labute approximate surface area is 64.0 Å². The van der Waals surface area contributed by atoms with E-state index in [0.717, 1.165) is 4.47 Å². The normalized spacial score (nSPS) is 9.56. The fourth-order valence-corrected chi connectivity index (χ4v) is 0.920. The summed E-state index contributed by atoms with van der Waals surface area (Å²) in [6.45, 7) is 2.03. The molecular formula is C8H8Br. The van der Waals surface area contributed by atoms with Crippen molar-refractivity contribution in [2.75, 3.05) is 0 Å². The predicted molar refractivity (Wildman–Crippen MR) is 43.2 cm³/mol. The van der Waals surface area contributed by atoms with Gasteiger partial charge >= 0.3 is 0 Å². The first-order valence-electron chi connectivity index (χ1n) is 2.88. The van der Waals surface area contributed by atoms with Crippen LogP contribution in [0.1, 0.15) is 12.5 Å². The van der Waals surface area contributed by atoms with E-state index in [9.17, 15) is 0 Å². The molecule has 0 aliphatic rings. The molecule has 1 rings (SSSR count). The molecule has 1 heteroatoms. The molecule has 0 unspecified atom stereocenters. The molecule has 47 valence electrons. The molecule has 9 heavy (non-hydrogen) atoms. The molecule has 0 bridgehead atoms. The second kappa shape index (κ2) is 3.02. The summed E-state index contributed by atoms with van der Waals surface area (Å²) >= 11 is 3.36. The maximum atomic E-state index is 3.36. The van der Waals surface area contributed by atoms with Crippen LogP contribution in [0, 0.1) is 6.42 Å². The Hall–Kier alpha value is -0.300. The molecule has 0 fully saturated rings. The molecule has 0 saturated heterocycles. The lowest BCUT2D eigenvalue weighted by atomic mass is 10.2. The van der Waals surface area contributed by atoms with Gasteiger partial charge in [0.2, 0.25) is 0 Å². The minimum absolute atomic E-state index is 1.13. The fourth-order valence-electron chi connectivity index (χ4n) is 0.655. The van der Waals surface area contributed by atoms with Crippen LogP contribution in [0.5, 0.6) is 0 Å². The van der Waals surface area contributed by atoms with E-state index in [1.165, 1.54) is 5.56 Å². The van der Waals surface area contributed by atoms with Crippen molar-refractivity contribution in [2.45, 2.75) is 6.92 Å². The van der Waals surface area contributed by atoms with Gasteiger partial charge in [-0.3, -0.25) is 0 Å². The van der Waals surface area contributed by atoms with E-state index < -0.39 is 0 Å². The second-order valence-corrected chi connectivity index (χ2v) is 2.76. The van der Waals surface area contributed by atoms with E-state index in [1.807, 2.05) is 19.1 Å². The Morgan fingerprint density at radius 3 is 2.22 bits per heavy atom. The third kappa shape index (κ3) is 1.83. The largest absolute Gasteiger partial charge is 0.0578 e. The highest BCUT2D eigenvalue weighted by Gasteiger charge is 1.86. The molecule has 0 amide bonds. The molecule has 1 aromatic carbocycles. The predicted octanol–water partition coefficient (Wildman–Crippen LogP) is 3.02. The summed E-state index contributed by atoms with van der Waals surface area (Å²) in [7, 11) is 0. The maximum absolute atomic E-state index is 3.36. The summed E-state index contributed by atoms with van der Waals surface area (Å²) in [5.41, 5.74) is 1.26. The van der Waals surface area contributed by atoms with Crippen LogP contribution in [-0.2, 0) is 0 Å². The smallest absolute Gasteiger partial charge is 0.0175 e. The van der Waals surface area contributed by atoms with E-state index in [0.29, 0.717) is 0 Å². The number of rotatable bonds is 1. The molecule has 0 aromatic heterocycles. The first kappa shape index (κ1) is 6.81. The summed E-state index contributed by atoms with van der Waals surface area (Å²) in [5, 5.41) is 0. The lowest BCUT2D eigenvalue weighted by Crippen LogP contribution is -1.73. The van der Waals surface area contributed by atoms with Gasteiger partial charge in [-0.05, 0) is 24.1 Å². The van der Waals surface area contributed by atoms with E-state index in [1.54, 1.807) is 0 Å². The number of hydrogen-bond acceptors (Lipinski definition) is 0. The third-order valence-electron chi connectivity index (χ3n) is 1.20. The van der Waals surface area contributed by atoms with Crippen LogP contribution >= 0.6 is 15.9 Å².